The van der Waals surface area contributed by atoms with E-state index < -0.39 is 0 Å². The zero-order valence-electron chi connectivity index (χ0n) is 9.19. The van der Waals surface area contributed by atoms with Crippen molar-refractivity contribution in [3.05, 3.63) is 42.0 Å². The highest BCUT2D eigenvalue weighted by atomic mass is 32.2. The molecule has 2 rings (SSSR count). The van der Waals surface area contributed by atoms with Gasteiger partial charge in [-0.2, -0.15) is 0 Å². The molecule has 0 aliphatic carbocycles. The summed E-state index contributed by atoms with van der Waals surface area (Å²) >= 11 is 1.04. The Morgan fingerprint density at radius 2 is 1.81 bits per heavy atom. The second kappa shape index (κ2) is 5.21. The van der Waals surface area contributed by atoms with E-state index in [1.54, 1.807) is 7.05 Å². The zero-order chi connectivity index (χ0) is 11.4. The maximum Gasteiger partial charge on any atom is 0.174 e. The fraction of sp³-hybridized carbons (Fsp3) is 0.167. The molecule has 0 heterocycles. The predicted octanol–water partition coefficient (Wildman–Crippen LogP) is 3.24. The average Bonchev–Trinajstić information content (AvgIpc) is 2.31. The smallest absolute Gasteiger partial charge is 0.174 e. The molecule has 2 aromatic rings. The molecule has 0 bridgehead atoms. The van der Waals surface area contributed by atoms with Gasteiger partial charge in [-0.1, -0.05) is 34.7 Å². The molecular weight excluding hydrogens is 222 g/mol. The molecule has 0 amide bonds. The van der Waals surface area contributed by atoms with Crippen LogP contribution in [0.2, 0.25) is 0 Å². The van der Waals surface area contributed by atoms with Gasteiger partial charge in [0.25, 0.3) is 0 Å². The lowest BCUT2D eigenvalue weighted by Gasteiger charge is -2.07. The monoisotopic (exact) mass is 235 g/mol. The molecule has 0 aliphatic heterocycles. The van der Waals surface area contributed by atoms with Crippen molar-refractivity contribution in [2.75, 3.05) is 7.05 Å². The first-order valence-electron chi connectivity index (χ1n) is 4.98. The van der Waals surface area contributed by atoms with Gasteiger partial charge in [-0.15, -0.1) is 0 Å². The summed E-state index contributed by atoms with van der Waals surface area (Å²) in [6.07, 6.45) is 0. The van der Waals surface area contributed by atoms with Gasteiger partial charge in [0.2, 0.25) is 0 Å². The van der Waals surface area contributed by atoms with Crippen molar-refractivity contribution in [3.8, 4) is 5.75 Å². The third-order valence-electron chi connectivity index (χ3n) is 2.34. The number of rotatable bonds is 4. The van der Waals surface area contributed by atoms with Crippen molar-refractivity contribution in [3.63, 3.8) is 0 Å². The first kappa shape index (κ1) is 11.3. The van der Waals surface area contributed by atoms with E-state index in [1.165, 1.54) is 10.9 Å². The van der Waals surface area contributed by atoms with Gasteiger partial charge in [-0.25, -0.2) is 4.72 Å². The van der Waals surface area contributed by atoms with E-state index >= 15 is 0 Å². The van der Waals surface area contributed by atoms with Crippen molar-refractivity contribution in [2.45, 2.75) is 6.92 Å². The first-order valence-corrected chi connectivity index (χ1v) is 5.72. The Bertz CT molecular complexity index is 487. The van der Waals surface area contributed by atoms with Gasteiger partial charge in [0.05, 0.1) is 0 Å². The zero-order valence-corrected chi connectivity index (χ0v) is 10.0. The highest BCUT2D eigenvalue weighted by Crippen LogP contribution is 2.28. The van der Waals surface area contributed by atoms with Crippen LogP contribution in [-0.4, -0.2) is 7.05 Å². The van der Waals surface area contributed by atoms with Crippen molar-refractivity contribution < 1.29 is 9.22 Å². The molecule has 1 N–H and O–H groups in total. The number of aryl methyl sites for hydroxylation is 1. The summed E-state index contributed by atoms with van der Waals surface area (Å²) in [6.45, 7) is 2.08. The molecule has 4 heteroatoms. The van der Waals surface area contributed by atoms with Gasteiger partial charge >= 0.3 is 0 Å². The molecule has 0 fully saturated rings. The van der Waals surface area contributed by atoms with E-state index in [0.717, 1.165) is 23.4 Å². The topological polar surface area (TPSA) is 30.5 Å². The predicted molar refractivity (Wildman–Crippen MR) is 67.0 cm³/mol. The summed E-state index contributed by atoms with van der Waals surface area (Å²) in [5, 5.41) is 2.23. The second-order valence-corrected chi connectivity index (χ2v) is 4.08. The van der Waals surface area contributed by atoms with Crippen LogP contribution in [0.1, 0.15) is 5.56 Å². The normalized spacial score (nSPS) is 10.6. The number of benzene rings is 2. The van der Waals surface area contributed by atoms with E-state index in [9.17, 15) is 0 Å². The van der Waals surface area contributed by atoms with Crippen LogP contribution in [0.15, 0.2) is 36.4 Å². The van der Waals surface area contributed by atoms with Crippen LogP contribution in [0.4, 0.5) is 0 Å². The molecule has 16 heavy (non-hydrogen) atoms. The fourth-order valence-electron chi connectivity index (χ4n) is 1.60. The average molecular weight is 235 g/mol. The minimum absolute atomic E-state index is 0.726. The largest absolute Gasteiger partial charge is 0.323 e. The van der Waals surface area contributed by atoms with Crippen LogP contribution in [0.3, 0.4) is 0 Å². The van der Waals surface area contributed by atoms with Crippen LogP contribution in [-0.2, 0) is 4.33 Å². The van der Waals surface area contributed by atoms with Gasteiger partial charge in [-0.3, -0.25) is 0 Å². The molecule has 0 spiro atoms. The summed E-state index contributed by atoms with van der Waals surface area (Å²) < 4.78 is 7.69. The Kier molecular flexibility index (Phi) is 3.66. The Hall–Kier alpha value is -1.23. The highest BCUT2D eigenvalue weighted by Gasteiger charge is 2.04. The van der Waals surface area contributed by atoms with Crippen LogP contribution < -0.4 is 9.61 Å². The lowest BCUT2D eigenvalue weighted by molar-refractivity contribution is -0.0769. The highest BCUT2D eigenvalue weighted by molar-refractivity contribution is 7.92. The molecule has 0 aliphatic rings. The number of hydrogen-bond donors (Lipinski definition) is 1. The van der Waals surface area contributed by atoms with Crippen LogP contribution in [0, 0.1) is 6.92 Å². The molecule has 3 nitrogen and oxygen atoms in total. The van der Waals surface area contributed by atoms with Crippen LogP contribution in [0.5, 0.6) is 5.75 Å². The maximum atomic E-state index is 5.22. The number of fused-ring (bicyclic) bond motifs is 1. The molecule has 0 saturated heterocycles. The minimum atomic E-state index is 0.726. The first-order chi connectivity index (χ1) is 7.83. The Morgan fingerprint density at radius 1 is 1.06 bits per heavy atom. The molecule has 0 atom stereocenters. The Balaban J connectivity index is 2.34. The lowest BCUT2D eigenvalue weighted by atomic mass is 10.1. The van der Waals surface area contributed by atoms with Crippen LogP contribution in [0.25, 0.3) is 10.8 Å². The van der Waals surface area contributed by atoms with Gasteiger partial charge in [0.15, 0.2) is 5.75 Å². The summed E-state index contributed by atoms with van der Waals surface area (Å²) in [6, 6.07) is 12.0. The molecule has 0 aromatic heterocycles. The molecule has 0 saturated carbocycles. The van der Waals surface area contributed by atoms with Gasteiger partial charge in [0, 0.05) is 5.39 Å². The van der Waals surface area contributed by atoms with E-state index in [0.29, 0.717) is 0 Å². The number of nitrogens with one attached hydrogen (secondary N) is 1. The molecule has 0 unspecified atom stereocenters. The maximum absolute atomic E-state index is 5.22. The Labute approximate surface area is 99.0 Å². The van der Waals surface area contributed by atoms with Crippen molar-refractivity contribution >= 4 is 23.0 Å². The van der Waals surface area contributed by atoms with E-state index in [4.69, 9.17) is 9.22 Å². The third-order valence-corrected chi connectivity index (χ3v) is 2.64. The van der Waals surface area contributed by atoms with Gasteiger partial charge in [-0.05, 0) is 31.0 Å². The fourth-order valence-corrected chi connectivity index (χ4v) is 1.77. The van der Waals surface area contributed by atoms with E-state index in [1.807, 2.05) is 24.3 Å². The Morgan fingerprint density at radius 3 is 2.62 bits per heavy atom. The SMILES string of the molecule is CNSOOc1cccc2c(C)cccc12. The molecule has 84 valence electrons. The quantitative estimate of drug-likeness (QED) is 0.290. The lowest BCUT2D eigenvalue weighted by Crippen LogP contribution is -1.98. The molecular formula is C12H13NO2S. The van der Waals surface area contributed by atoms with E-state index in [2.05, 4.69) is 23.8 Å². The minimum Gasteiger partial charge on any atom is -0.323 e. The van der Waals surface area contributed by atoms with Crippen molar-refractivity contribution in [1.82, 2.24) is 4.72 Å². The summed E-state index contributed by atoms with van der Waals surface area (Å²) in [4.78, 5) is 5.22. The van der Waals surface area contributed by atoms with Gasteiger partial charge in [0.1, 0.15) is 12.2 Å². The molecule has 0 radical (unpaired) electrons. The van der Waals surface area contributed by atoms with Crippen molar-refractivity contribution in [1.29, 1.82) is 0 Å². The van der Waals surface area contributed by atoms with Crippen molar-refractivity contribution in [2.24, 2.45) is 0 Å². The summed E-state index contributed by atoms with van der Waals surface area (Å²) in [7, 11) is 1.77. The number of hydrogen-bond acceptors (Lipinski definition) is 4. The molecule has 2 aromatic carbocycles. The second-order valence-electron chi connectivity index (χ2n) is 3.37. The summed E-state index contributed by atoms with van der Waals surface area (Å²) in [5.41, 5.74) is 1.23. The third kappa shape index (κ3) is 2.29. The standard InChI is InChI=1S/C12H13NO2S/c1-9-5-3-7-11-10(9)6-4-8-12(11)14-15-16-13-2/h3-8,13H,1-2H3. The summed E-state index contributed by atoms with van der Waals surface area (Å²) in [5.74, 6) is 0.726. The van der Waals surface area contributed by atoms with Gasteiger partial charge < -0.3 is 4.89 Å². The van der Waals surface area contributed by atoms with E-state index in [-0.39, 0.29) is 0 Å². The van der Waals surface area contributed by atoms with Crippen LogP contribution >= 0.6 is 12.2 Å².